The van der Waals surface area contributed by atoms with Crippen molar-refractivity contribution in [1.82, 2.24) is 0 Å². The maximum absolute atomic E-state index is 13.3. The maximum Gasteiger partial charge on any atom is 0.335 e. The summed E-state index contributed by atoms with van der Waals surface area (Å²) in [5, 5.41) is 12.6. The highest BCUT2D eigenvalue weighted by atomic mass is 35.5. The molecular formula is C22H19ClFNO4. The molecule has 3 rings (SSSR count). The van der Waals surface area contributed by atoms with E-state index in [1.165, 1.54) is 25.3 Å². The molecule has 0 heterocycles. The Bertz CT molecular complexity index is 1030. The Labute approximate surface area is 172 Å². The van der Waals surface area contributed by atoms with Gasteiger partial charge >= 0.3 is 5.97 Å². The lowest BCUT2D eigenvalue weighted by Crippen LogP contribution is -2.04. The summed E-state index contributed by atoms with van der Waals surface area (Å²) < 4.78 is 24.5. The maximum atomic E-state index is 13.3. The molecule has 0 fully saturated rings. The van der Waals surface area contributed by atoms with Crippen molar-refractivity contribution >= 4 is 23.3 Å². The van der Waals surface area contributed by atoms with Crippen LogP contribution in [0.25, 0.3) is 0 Å². The van der Waals surface area contributed by atoms with Gasteiger partial charge in [-0.1, -0.05) is 29.8 Å². The molecule has 0 radical (unpaired) electrons. The van der Waals surface area contributed by atoms with Crippen molar-refractivity contribution in [1.29, 1.82) is 0 Å². The molecule has 0 unspecified atom stereocenters. The van der Waals surface area contributed by atoms with Gasteiger partial charge in [0, 0.05) is 12.2 Å². The van der Waals surface area contributed by atoms with Crippen LogP contribution in [0.1, 0.15) is 21.5 Å². The molecule has 2 N–H and O–H groups in total. The predicted octanol–water partition coefficient (Wildman–Crippen LogP) is 5.38. The third-order valence-corrected chi connectivity index (χ3v) is 4.45. The largest absolute Gasteiger partial charge is 0.493 e. The summed E-state index contributed by atoms with van der Waals surface area (Å²) >= 11 is 6.37. The molecule has 29 heavy (non-hydrogen) atoms. The molecule has 0 spiro atoms. The smallest absolute Gasteiger partial charge is 0.335 e. The molecule has 0 aromatic heterocycles. The lowest BCUT2D eigenvalue weighted by molar-refractivity contribution is 0.0697. The molecule has 150 valence electrons. The molecule has 0 bridgehead atoms. The molecule has 0 aliphatic heterocycles. The number of anilines is 1. The molecule has 0 atom stereocenters. The Morgan fingerprint density at radius 2 is 1.90 bits per heavy atom. The van der Waals surface area contributed by atoms with E-state index in [0.717, 1.165) is 5.56 Å². The van der Waals surface area contributed by atoms with Gasteiger partial charge in [-0.2, -0.15) is 0 Å². The highest BCUT2D eigenvalue weighted by Crippen LogP contribution is 2.37. The van der Waals surface area contributed by atoms with Crippen molar-refractivity contribution < 1.29 is 23.8 Å². The van der Waals surface area contributed by atoms with E-state index in [9.17, 15) is 9.18 Å². The van der Waals surface area contributed by atoms with Crippen LogP contribution in [0.5, 0.6) is 11.5 Å². The molecular weight excluding hydrogens is 397 g/mol. The Kier molecular flexibility index (Phi) is 6.57. The highest BCUT2D eigenvalue weighted by Gasteiger charge is 2.13. The van der Waals surface area contributed by atoms with Gasteiger partial charge in [0.15, 0.2) is 11.5 Å². The van der Waals surface area contributed by atoms with Crippen LogP contribution < -0.4 is 14.8 Å². The number of benzene rings is 3. The second-order valence-electron chi connectivity index (χ2n) is 6.27. The van der Waals surface area contributed by atoms with E-state index < -0.39 is 5.97 Å². The zero-order chi connectivity index (χ0) is 20.8. The Balaban J connectivity index is 1.72. The van der Waals surface area contributed by atoms with E-state index >= 15 is 0 Å². The minimum absolute atomic E-state index is 0.146. The summed E-state index contributed by atoms with van der Waals surface area (Å²) in [5.41, 5.74) is 2.37. The minimum Gasteiger partial charge on any atom is -0.493 e. The average molecular weight is 416 g/mol. The number of hydrogen-bond acceptors (Lipinski definition) is 4. The quantitative estimate of drug-likeness (QED) is 0.517. The molecule has 0 amide bonds. The molecule has 0 saturated heterocycles. The SMILES string of the molecule is COc1cc(CNc2cccc(C(=O)O)c2)cc(Cl)c1OCc1cccc(F)c1. The number of carbonyl (C=O) groups is 1. The van der Waals surface area contributed by atoms with Crippen molar-refractivity contribution in [3.8, 4) is 11.5 Å². The zero-order valence-electron chi connectivity index (χ0n) is 15.6. The average Bonchev–Trinajstić information content (AvgIpc) is 2.71. The number of ether oxygens (including phenoxy) is 2. The van der Waals surface area contributed by atoms with E-state index in [-0.39, 0.29) is 18.0 Å². The number of halogens is 2. The number of hydrogen-bond donors (Lipinski definition) is 2. The molecule has 0 aliphatic carbocycles. The van der Waals surface area contributed by atoms with Crippen molar-refractivity contribution in [2.24, 2.45) is 0 Å². The van der Waals surface area contributed by atoms with Gasteiger partial charge in [0.2, 0.25) is 0 Å². The topological polar surface area (TPSA) is 67.8 Å². The van der Waals surface area contributed by atoms with Crippen LogP contribution in [-0.4, -0.2) is 18.2 Å². The minimum atomic E-state index is -0.988. The number of carboxylic acid groups (broad SMARTS) is 1. The Morgan fingerprint density at radius 3 is 2.62 bits per heavy atom. The first-order valence-electron chi connectivity index (χ1n) is 8.77. The first kappa shape index (κ1) is 20.5. The fraction of sp³-hybridized carbons (Fsp3) is 0.136. The van der Waals surface area contributed by atoms with E-state index in [0.29, 0.717) is 34.3 Å². The van der Waals surface area contributed by atoms with Gasteiger partial charge in [-0.15, -0.1) is 0 Å². The molecule has 7 heteroatoms. The second-order valence-corrected chi connectivity index (χ2v) is 6.67. The first-order chi connectivity index (χ1) is 14.0. The highest BCUT2D eigenvalue weighted by molar-refractivity contribution is 6.32. The van der Waals surface area contributed by atoms with Gasteiger partial charge in [-0.05, 0) is 53.6 Å². The summed E-state index contributed by atoms with van der Waals surface area (Å²) in [7, 11) is 1.51. The molecule has 5 nitrogen and oxygen atoms in total. The number of nitrogens with one attached hydrogen (secondary N) is 1. The zero-order valence-corrected chi connectivity index (χ0v) is 16.4. The second kappa shape index (κ2) is 9.30. The van der Waals surface area contributed by atoms with E-state index in [1.807, 2.05) is 0 Å². The van der Waals surface area contributed by atoms with Crippen LogP contribution >= 0.6 is 11.6 Å². The van der Waals surface area contributed by atoms with Crippen molar-refractivity contribution in [2.45, 2.75) is 13.2 Å². The van der Waals surface area contributed by atoms with Gasteiger partial charge in [-0.25, -0.2) is 9.18 Å². The van der Waals surface area contributed by atoms with E-state index in [2.05, 4.69) is 5.32 Å². The van der Waals surface area contributed by atoms with Crippen LogP contribution in [0.15, 0.2) is 60.7 Å². The molecule has 0 saturated carbocycles. The normalized spacial score (nSPS) is 10.4. The van der Waals surface area contributed by atoms with Gasteiger partial charge < -0.3 is 19.9 Å². The van der Waals surface area contributed by atoms with Crippen molar-refractivity contribution in [3.05, 3.63) is 88.2 Å². The van der Waals surface area contributed by atoms with Crippen LogP contribution in [0.2, 0.25) is 5.02 Å². The number of carboxylic acids is 1. The third kappa shape index (κ3) is 5.39. The first-order valence-corrected chi connectivity index (χ1v) is 9.15. The van der Waals surface area contributed by atoms with Crippen LogP contribution in [0, 0.1) is 5.82 Å². The van der Waals surface area contributed by atoms with Crippen molar-refractivity contribution in [3.63, 3.8) is 0 Å². The van der Waals surface area contributed by atoms with E-state index in [4.69, 9.17) is 26.2 Å². The predicted molar refractivity (Wildman–Crippen MR) is 109 cm³/mol. The van der Waals surface area contributed by atoms with Gasteiger partial charge in [0.05, 0.1) is 17.7 Å². The molecule has 3 aromatic rings. The summed E-state index contributed by atoms with van der Waals surface area (Å²) in [6, 6.07) is 16.2. The van der Waals surface area contributed by atoms with Crippen LogP contribution in [-0.2, 0) is 13.2 Å². The fourth-order valence-corrected chi connectivity index (χ4v) is 3.05. The summed E-state index contributed by atoms with van der Waals surface area (Å²) in [5.74, 6) is -0.504. The van der Waals surface area contributed by atoms with Gasteiger partial charge in [0.1, 0.15) is 12.4 Å². The number of rotatable bonds is 8. The van der Waals surface area contributed by atoms with Gasteiger partial charge in [-0.3, -0.25) is 0 Å². The Morgan fingerprint density at radius 1 is 1.10 bits per heavy atom. The standard InChI is InChI=1S/C22H19ClFNO4/c1-28-20-10-15(12-25-18-7-3-5-16(11-18)22(26)27)9-19(23)21(20)29-13-14-4-2-6-17(24)8-14/h2-11,25H,12-13H2,1H3,(H,26,27). The molecule has 3 aromatic carbocycles. The van der Waals surface area contributed by atoms with Crippen molar-refractivity contribution in [2.75, 3.05) is 12.4 Å². The Hall–Kier alpha value is -3.25. The monoisotopic (exact) mass is 415 g/mol. The summed E-state index contributed by atoms with van der Waals surface area (Å²) in [4.78, 5) is 11.1. The van der Waals surface area contributed by atoms with Crippen LogP contribution in [0.4, 0.5) is 10.1 Å². The third-order valence-electron chi connectivity index (χ3n) is 4.17. The van der Waals surface area contributed by atoms with Crippen LogP contribution in [0.3, 0.4) is 0 Å². The molecule has 0 aliphatic rings. The number of aromatic carboxylic acids is 1. The fourth-order valence-electron chi connectivity index (χ4n) is 2.76. The summed E-state index contributed by atoms with van der Waals surface area (Å²) in [6.45, 7) is 0.552. The lowest BCUT2D eigenvalue weighted by Gasteiger charge is -2.15. The number of methoxy groups -OCH3 is 1. The van der Waals surface area contributed by atoms with Gasteiger partial charge in [0.25, 0.3) is 0 Å². The summed E-state index contributed by atoms with van der Waals surface area (Å²) in [6.07, 6.45) is 0. The lowest BCUT2D eigenvalue weighted by atomic mass is 10.1. The van der Waals surface area contributed by atoms with E-state index in [1.54, 1.807) is 42.5 Å².